The molecular formula is C23H25N5O. The number of amides is 1. The number of aromatic amines is 1. The first-order valence-electron chi connectivity index (χ1n) is 10.0. The lowest BCUT2D eigenvalue weighted by atomic mass is 9.85. The third-order valence-electron chi connectivity index (χ3n) is 5.91. The molecule has 0 spiro atoms. The van der Waals surface area contributed by atoms with E-state index in [4.69, 9.17) is 5.73 Å². The summed E-state index contributed by atoms with van der Waals surface area (Å²) in [6, 6.07) is 10.3. The van der Waals surface area contributed by atoms with Gasteiger partial charge in [0.05, 0.1) is 11.6 Å². The van der Waals surface area contributed by atoms with Crippen molar-refractivity contribution >= 4 is 16.9 Å². The van der Waals surface area contributed by atoms with Crippen LogP contribution in [0.1, 0.15) is 42.4 Å². The number of H-pyrrole nitrogens is 1. The molecule has 3 aromatic rings. The van der Waals surface area contributed by atoms with Crippen LogP contribution in [0.5, 0.6) is 0 Å². The molecule has 3 N–H and O–H groups in total. The fraction of sp³-hybridized carbons (Fsp3) is 0.348. The number of hydrogen-bond donors (Lipinski definition) is 2. The average Bonchev–Trinajstić information content (AvgIpc) is 3.16. The minimum Gasteiger partial charge on any atom is -0.345 e. The Hall–Kier alpha value is -3.17. The second kappa shape index (κ2) is 7.69. The van der Waals surface area contributed by atoms with Crippen molar-refractivity contribution in [1.82, 2.24) is 14.9 Å². The first-order valence-corrected chi connectivity index (χ1v) is 10.0. The fourth-order valence-electron chi connectivity index (χ4n) is 4.39. The van der Waals surface area contributed by atoms with Gasteiger partial charge in [-0.15, -0.1) is 0 Å². The Morgan fingerprint density at radius 2 is 2.10 bits per heavy atom. The summed E-state index contributed by atoms with van der Waals surface area (Å²) in [4.78, 5) is 21.4. The summed E-state index contributed by atoms with van der Waals surface area (Å²) >= 11 is 0. The smallest absolute Gasteiger partial charge is 0.239 e. The number of nitrogens with zero attached hydrogens (tertiary/aromatic N) is 3. The molecular weight excluding hydrogens is 362 g/mol. The van der Waals surface area contributed by atoms with Gasteiger partial charge in [-0.05, 0) is 60.9 Å². The monoisotopic (exact) mass is 387 g/mol. The van der Waals surface area contributed by atoms with Crippen molar-refractivity contribution in [3.8, 4) is 17.2 Å². The molecule has 2 aromatic heterocycles. The zero-order valence-electron chi connectivity index (χ0n) is 16.8. The first kappa shape index (κ1) is 19.2. The summed E-state index contributed by atoms with van der Waals surface area (Å²) in [6.07, 6.45) is 5.38. The number of carbonyl (C=O) groups is 1. The highest BCUT2D eigenvalue weighted by Gasteiger charge is 2.26. The van der Waals surface area contributed by atoms with Crippen molar-refractivity contribution < 1.29 is 4.79 Å². The summed E-state index contributed by atoms with van der Waals surface area (Å²) < 4.78 is 0. The highest BCUT2D eigenvalue weighted by Crippen LogP contribution is 2.35. The van der Waals surface area contributed by atoms with E-state index in [0.29, 0.717) is 11.5 Å². The largest absolute Gasteiger partial charge is 0.345 e. The van der Waals surface area contributed by atoms with E-state index in [1.807, 2.05) is 11.0 Å². The van der Waals surface area contributed by atoms with E-state index in [0.717, 1.165) is 48.1 Å². The second-order valence-electron chi connectivity index (χ2n) is 7.86. The topological polar surface area (TPSA) is 98.8 Å². The van der Waals surface area contributed by atoms with Crippen molar-refractivity contribution in [2.75, 3.05) is 13.1 Å². The zero-order valence-corrected chi connectivity index (χ0v) is 16.8. The van der Waals surface area contributed by atoms with E-state index in [-0.39, 0.29) is 5.91 Å². The summed E-state index contributed by atoms with van der Waals surface area (Å²) in [6.45, 7) is 5.40. The molecule has 0 radical (unpaired) electrons. The van der Waals surface area contributed by atoms with Crippen LogP contribution in [-0.4, -0.2) is 39.9 Å². The number of aryl methyl sites for hydroxylation is 1. The third-order valence-corrected chi connectivity index (χ3v) is 5.91. The average molecular weight is 387 g/mol. The summed E-state index contributed by atoms with van der Waals surface area (Å²) in [5.41, 5.74) is 11.7. The van der Waals surface area contributed by atoms with Crippen LogP contribution >= 0.6 is 0 Å². The van der Waals surface area contributed by atoms with Gasteiger partial charge >= 0.3 is 0 Å². The molecule has 6 heteroatoms. The number of nitriles is 1. The molecule has 0 aliphatic carbocycles. The maximum absolute atomic E-state index is 12.1. The number of aromatic nitrogens is 2. The molecule has 1 unspecified atom stereocenters. The Bertz CT molecular complexity index is 1100. The van der Waals surface area contributed by atoms with Gasteiger partial charge in [0.15, 0.2) is 0 Å². The van der Waals surface area contributed by atoms with Crippen molar-refractivity contribution in [3.05, 3.63) is 53.3 Å². The Balaban J connectivity index is 1.60. The van der Waals surface area contributed by atoms with E-state index in [1.54, 1.807) is 19.3 Å². The van der Waals surface area contributed by atoms with Crippen LogP contribution < -0.4 is 5.73 Å². The van der Waals surface area contributed by atoms with Crippen LogP contribution in [0.2, 0.25) is 0 Å². The molecule has 1 aliphatic heterocycles. The molecule has 6 nitrogen and oxygen atoms in total. The molecule has 1 aliphatic rings. The normalized spacial score (nSPS) is 16.0. The van der Waals surface area contributed by atoms with Gasteiger partial charge in [-0.1, -0.05) is 18.2 Å². The minimum atomic E-state index is -0.434. The van der Waals surface area contributed by atoms with E-state index in [2.05, 4.69) is 41.2 Å². The lowest BCUT2D eigenvalue weighted by molar-refractivity contribution is -0.133. The van der Waals surface area contributed by atoms with Crippen LogP contribution in [0.25, 0.3) is 22.2 Å². The number of likely N-dealkylation sites (tertiary alicyclic amines) is 1. The lowest BCUT2D eigenvalue weighted by Crippen LogP contribution is -2.45. The van der Waals surface area contributed by atoms with E-state index in [9.17, 15) is 10.1 Å². The summed E-state index contributed by atoms with van der Waals surface area (Å²) in [7, 11) is 0. The number of fused-ring (bicyclic) bond motifs is 1. The number of piperidine rings is 1. The van der Waals surface area contributed by atoms with Crippen molar-refractivity contribution in [3.63, 3.8) is 0 Å². The van der Waals surface area contributed by atoms with E-state index < -0.39 is 6.04 Å². The number of hydrogen-bond acceptors (Lipinski definition) is 4. The Morgan fingerprint density at radius 1 is 1.34 bits per heavy atom. The highest BCUT2D eigenvalue weighted by molar-refractivity contribution is 5.97. The van der Waals surface area contributed by atoms with Crippen molar-refractivity contribution in [2.24, 2.45) is 5.73 Å². The van der Waals surface area contributed by atoms with Crippen molar-refractivity contribution in [2.45, 2.75) is 38.6 Å². The van der Waals surface area contributed by atoms with Gasteiger partial charge in [0.2, 0.25) is 5.91 Å². The maximum Gasteiger partial charge on any atom is 0.239 e. The predicted octanol–water partition coefficient (Wildman–Crippen LogP) is 3.46. The van der Waals surface area contributed by atoms with Gasteiger partial charge in [-0.25, -0.2) is 4.98 Å². The summed E-state index contributed by atoms with van der Waals surface area (Å²) in [5, 5.41) is 10.3. The molecule has 0 saturated carbocycles. The van der Waals surface area contributed by atoms with Gasteiger partial charge in [-0.3, -0.25) is 4.79 Å². The Labute approximate surface area is 170 Å². The maximum atomic E-state index is 12.1. The molecule has 1 amide bonds. The Kier molecular flexibility index (Phi) is 5.08. The molecule has 1 fully saturated rings. The minimum absolute atomic E-state index is 0.0389. The number of carbonyl (C=O) groups excluding carboxylic acids is 1. The number of nitrogens with one attached hydrogen (secondary N) is 1. The number of benzene rings is 1. The summed E-state index contributed by atoms with van der Waals surface area (Å²) in [5.74, 6) is 0.484. The molecule has 1 atom stereocenters. The molecule has 0 bridgehead atoms. The van der Waals surface area contributed by atoms with Gasteiger partial charge < -0.3 is 15.6 Å². The van der Waals surface area contributed by atoms with Gasteiger partial charge in [0.1, 0.15) is 11.7 Å². The van der Waals surface area contributed by atoms with Crippen LogP contribution in [0.4, 0.5) is 0 Å². The molecule has 4 rings (SSSR count). The molecule has 1 saturated heterocycles. The zero-order chi connectivity index (χ0) is 20.5. The van der Waals surface area contributed by atoms with Crippen LogP contribution in [-0.2, 0) is 4.79 Å². The van der Waals surface area contributed by atoms with Crippen LogP contribution in [0, 0.1) is 18.3 Å². The number of nitrogens with two attached hydrogens (primary N) is 1. The quantitative estimate of drug-likeness (QED) is 0.719. The van der Waals surface area contributed by atoms with E-state index >= 15 is 0 Å². The van der Waals surface area contributed by atoms with Gasteiger partial charge in [-0.2, -0.15) is 5.26 Å². The first-order chi connectivity index (χ1) is 14.0. The molecule has 1 aromatic carbocycles. The number of rotatable bonds is 3. The van der Waals surface area contributed by atoms with Crippen molar-refractivity contribution in [1.29, 1.82) is 5.26 Å². The Morgan fingerprint density at radius 3 is 2.76 bits per heavy atom. The van der Waals surface area contributed by atoms with Gasteiger partial charge in [0.25, 0.3) is 0 Å². The standard InChI is InChI=1S/C23H25N5O/c1-14-11-17(20-5-8-26-22-21(20)18(12-24)13-27-22)3-4-19(14)16-6-9-28(10-7-16)23(29)15(2)25/h3-5,8,11,13,15-16H,6-7,9-10,25H2,1-2H3,(H,26,27). The third kappa shape index (κ3) is 3.50. The SMILES string of the molecule is Cc1cc(-c2ccnc3[nH]cc(C#N)c23)ccc1C1CCN(C(=O)C(C)N)CC1. The van der Waals surface area contributed by atoms with E-state index in [1.165, 1.54) is 11.1 Å². The highest BCUT2D eigenvalue weighted by atomic mass is 16.2. The molecule has 3 heterocycles. The number of pyridine rings is 1. The lowest BCUT2D eigenvalue weighted by Gasteiger charge is -2.33. The second-order valence-corrected chi connectivity index (χ2v) is 7.86. The van der Waals surface area contributed by atoms with Crippen LogP contribution in [0.15, 0.2) is 36.7 Å². The molecule has 29 heavy (non-hydrogen) atoms. The fourth-order valence-corrected chi connectivity index (χ4v) is 4.39. The predicted molar refractivity (Wildman–Crippen MR) is 113 cm³/mol. The molecule has 148 valence electrons. The van der Waals surface area contributed by atoms with Crippen LogP contribution in [0.3, 0.4) is 0 Å². The van der Waals surface area contributed by atoms with Gasteiger partial charge in [0, 0.05) is 30.9 Å².